The standard InChI is InChI=1S/C13H19NO/c1-3-15-11-6-4-5-10(9-11)12(14)13(2)7-8-13/h4-6,9,12H,3,7-8,14H2,1-2H3. The van der Waals surface area contributed by atoms with Crippen LogP contribution in [0.2, 0.25) is 0 Å². The summed E-state index contributed by atoms with van der Waals surface area (Å²) in [6, 6.07) is 8.31. The van der Waals surface area contributed by atoms with Crippen LogP contribution >= 0.6 is 0 Å². The van der Waals surface area contributed by atoms with Crippen LogP contribution in [0.1, 0.15) is 38.3 Å². The van der Waals surface area contributed by atoms with E-state index in [4.69, 9.17) is 10.5 Å². The number of rotatable bonds is 4. The van der Waals surface area contributed by atoms with Crippen LogP contribution in [0.3, 0.4) is 0 Å². The Balaban J connectivity index is 2.17. The third-order valence-electron chi connectivity index (χ3n) is 3.32. The van der Waals surface area contributed by atoms with Gasteiger partial charge in [-0.3, -0.25) is 0 Å². The molecule has 0 radical (unpaired) electrons. The molecule has 0 aliphatic heterocycles. The zero-order valence-corrected chi connectivity index (χ0v) is 9.49. The molecule has 1 saturated carbocycles. The van der Waals surface area contributed by atoms with Crippen LogP contribution in [0.5, 0.6) is 5.75 Å². The van der Waals surface area contributed by atoms with E-state index < -0.39 is 0 Å². The molecule has 0 aromatic heterocycles. The van der Waals surface area contributed by atoms with Gasteiger partial charge >= 0.3 is 0 Å². The van der Waals surface area contributed by atoms with E-state index in [-0.39, 0.29) is 6.04 Å². The van der Waals surface area contributed by atoms with Gasteiger partial charge in [-0.15, -0.1) is 0 Å². The van der Waals surface area contributed by atoms with Crippen LogP contribution in [0, 0.1) is 5.41 Å². The molecule has 82 valence electrons. The molecule has 1 aliphatic carbocycles. The van der Waals surface area contributed by atoms with Gasteiger partial charge in [0.1, 0.15) is 5.75 Å². The van der Waals surface area contributed by atoms with Gasteiger partial charge in [0.15, 0.2) is 0 Å². The Labute approximate surface area is 91.4 Å². The van der Waals surface area contributed by atoms with Gasteiger partial charge in [-0.2, -0.15) is 0 Å². The Hall–Kier alpha value is -1.02. The summed E-state index contributed by atoms with van der Waals surface area (Å²) in [5.41, 5.74) is 7.76. The van der Waals surface area contributed by atoms with Gasteiger partial charge in [0, 0.05) is 6.04 Å². The lowest BCUT2D eigenvalue weighted by atomic mass is 9.93. The van der Waals surface area contributed by atoms with E-state index in [1.807, 2.05) is 19.1 Å². The fourth-order valence-electron chi connectivity index (χ4n) is 1.87. The van der Waals surface area contributed by atoms with Crippen molar-refractivity contribution in [3.63, 3.8) is 0 Å². The molecule has 2 rings (SSSR count). The van der Waals surface area contributed by atoms with Crippen molar-refractivity contribution < 1.29 is 4.74 Å². The smallest absolute Gasteiger partial charge is 0.119 e. The molecule has 1 unspecified atom stereocenters. The first kappa shape index (κ1) is 10.5. The van der Waals surface area contributed by atoms with E-state index in [1.54, 1.807) is 0 Å². The summed E-state index contributed by atoms with van der Waals surface area (Å²) in [5, 5.41) is 0. The maximum absolute atomic E-state index is 6.24. The number of hydrogen-bond donors (Lipinski definition) is 1. The van der Waals surface area contributed by atoms with E-state index in [0.29, 0.717) is 12.0 Å². The highest BCUT2D eigenvalue weighted by molar-refractivity contribution is 5.32. The largest absolute Gasteiger partial charge is 0.494 e. The van der Waals surface area contributed by atoms with Gasteiger partial charge in [-0.25, -0.2) is 0 Å². The van der Waals surface area contributed by atoms with Crippen molar-refractivity contribution in [2.45, 2.75) is 32.7 Å². The van der Waals surface area contributed by atoms with Crippen molar-refractivity contribution >= 4 is 0 Å². The number of ether oxygens (including phenoxy) is 1. The van der Waals surface area contributed by atoms with Crippen LogP contribution in [-0.2, 0) is 0 Å². The Bertz CT molecular complexity index is 344. The van der Waals surface area contributed by atoms with E-state index in [2.05, 4.69) is 19.1 Å². The monoisotopic (exact) mass is 205 g/mol. The average Bonchev–Trinajstić information content (AvgIpc) is 2.98. The molecule has 1 aliphatic rings. The molecular weight excluding hydrogens is 186 g/mol. The van der Waals surface area contributed by atoms with Crippen LogP contribution in [0.15, 0.2) is 24.3 Å². The summed E-state index contributed by atoms with van der Waals surface area (Å²) in [6.45, 7) is 4.95. The first-order valence-corrected chi connectivity index (χ1v) is 5.64. The van der Waals surface area contributed by atoms with Gasteiger partial charge in [-0.1, -0.05) is 19.1 Å². The van der Waals surface area contributed by atoms with Crippen molar-refractivity contribution in [3.05, 3.63) is 29.8 Å². The van der Waals surface area contributed by atoms with Crippen molar-refractivity contribution in [1.82, 2.24) is 0 Å². The van der Waals surface area contributed by atoms with Crippen molar-refractivity contribution in [3.8, 4) is 5.75 Å². The molecule has 1 fully saturated rings. The zero-order chi connectivity index (χ0) is 10.9. The lowest BCUT2D eigenvalue weighted by molar-refractivity contribution is 0.339. The Morgan fingerprint density at radius 3 is 2.80 bits per heavy atom. The van der Waals surface area contributed by atoms with Gasteiger partial charge in [0.25, 0.3) is 0 Å². The van der Waals surface area contributed by atoms with E-state index in [1.165, 1.54) is 18.4 Å². The minimum absolute atomic E-state index is 0.151. The molecule has 1 atom stereocenters. The Kier molecular flexibility index (Phi) is 2.70. The highest BCUT2D eigenvalue weighted by Gasteiger charge is 2.43. The van der Waals surface area contributed by atoms with Gasteiger partial charge < -0.3 is 10.5 Å². The molecular formula is C13H19NO. The molecule has 0 bridgehead atoms. The zero-order valence-electron chi connectivity index (χ0n) is 9.49. The quantitative estimate of drug-likeness (QED) is 0.820. The summed E-state index contributed by atoms with van der Waals surface area (Å²) >= 11 is 0. The van der Waals surface area contributed by atoms with Crippen LogP contribution in [0.4, 0.5) is 0 Å². The second-order valence-corrected chi connectivity index (χ2v) is 4.64. The van der Waals surface area contributed by atoms with Gasteiger partial charge in [0.2, 0.25) is 0 Å². The maximum atomic E-state index is 6.24. The molecule has 2 N–H and O–H groups in total. The van der Waals surface area contributed by atoms with E-state index >= 15 is 0 Å². The lowest BCUT2D eigenvalue weighted by Crippen LogP contribution is -2.20. The lowest BCUT2D eigenvalue weighted by Gasteiger charge is -2.19. The van der Waals surface area contributed by atoms with E-state index in [9.17, 15) is 0 Å². The van der Waals surface area contributed by atoms with Crippen molar-refractivity contribution in [2.24, 2.45) is 11.1 Å². The fraction of sp³-hybridized carbons (Fsp3) is 0.538. The SMILES string of the molecule is CCOc1cccc(C(N)C2(C)CC2)c1. The van der Waals surface area contributed by atoms with Crippen LogP contribution in [-0.4, -0.2) is 6.61 Å². The molecule has 15 heavy (non-hydrogen) atoms. The molecule has 0 saturated heterocycles. The minimum atomic E-state index is 0.151. The summed E-state index contributed by atoms with van der Waals surface area (Å²) in [6.07, 6.45) is 2.49. The third kappa shape index (κ3) is 2.15. The highest BCUT2D eigenvalue weighted by atomic mass is 16.5. The third-order valence-corrected chi connectivity index (χ3v) is 3.32. The summed E-state index contributed by atoms with van der Waals surface area (Å²) in [4.78, 5) is 0. The fourth-order valence-corrected chi connectivity index (χ4v) is 1.87. The molecule has 1 aromatic carbocycles. The Morgan fingerprint density at radius 1 is 1.47 bits per heavy atom. The maximum Gasteiger partial charge on any atom is 0.119 e. The highest BCUT2D eigenvalue weighted by Crippen LogP contribution is 2.53. The Morgan fingerprint density at radius 2 is 2.20 bits per heavy atom. The van der Waals surface area contributed by atoms with E-state index in [0.717, 1.165) is 5.75 Å². The predicted octanol–water partition coefficient (Wildman–Crippen LogP) is 2.89. The molecule has 0 spiro atoms. The molecule has 2 nitrogen and oxygen atoms in total. The van der Waals surface area contributed by atoms with Crippen molar-refractivity contribution in [1.29, 1.82) is 0 Å². The predicted molar refractivity (Wildman–Crippen MR) is 61.9 cm³/mol. The molecule has 0 heterocycles. The van der Waals surface area contributed by atoms with Crippen LogP contribution in [0.25, 0.3) is 0 Å². The molecule has 2 heteroatoms. The summed E-state index contributed by atoms with van der Waals surface area (Å²) in [7, 11) is 0. The second-order valence-electron chi connectivity index (χ2n) is 4.64. The van der Waals surface area contributed by atoms with Crippen molar-refractivity contribution in [2.75, 3.05) is 6.61 Å². The number of hydrogen-bond acceptors (Lipinski definition) is 2. The van der Waals surface area contributed by atoms with Crippen LogP contribution < -0.4 is 10.5 Å². The van der Waals surface area contributed by atoms with Gasteiger partial charge in [-0.05, 0) is 42.9 Å². The first-order chi connectivity index (χ1) is 7.15. The number of benzene rings is 1. The summed E-state index contributed by atoms with van der Waals surface area (Å²) in [5.74, 6) is 0.926. The number of nitrogens with two attached hydrogens (primary N) is 1. The average molecular weight is 205 g/mol. The normalized spacial score (nSPS) is 19.7. The molecule has 0 amide bonds. The second kappa shape index (κ2) is 3.86. The summed E-state index contributed by atoms with van der Waals surface area (Å²) < 4.78 is 5.47. The van der Waals surface area contributed by atoms with Gasteiger partial charge in [0.05, 0.1) is 6.61 Å². The molecule has 1 aromatic rings. The minimum Gasteiger partial charge on any atom is -0.494 e. The first-order valence-electron chi connectivity index (χ1n) is 5.64. The topological polar surface area (TPSA) is 35.2 Å².